The quantitative estimate of drug-likeness (QED) is 0.774. The molecule has 3 aromatic rings. The molecule has 0 unspecified atom stereocenters. The first-order valence-electron chi connectivity index (χ1n) is 6.80. The van der Waals surface area contributed by atoms with Crippen molar-refractivity contribution in [2.45, 2.75) is 13.5 Å². The van der Waals surface area contributed by atoms with Gasteiger partial charge in [0.25, 0.3) is 0 Å². The highest BCUT2D eigenvalue weighted by molar-refractivity contribution is 9.10. The summed E-state index contributed by atoms with van der Waals surface area (Å²) in [5.74, 6) is 1.51. The number of aromatic nitrogens is 4. The van der Waals surface area contributed by atoms with Crippen molar-refractivity contribution in [3.8, 4) is 11.3 Å². The molecular formula is C16H14BrN5. The number of pyridine rings is 2. The van der Waals surface area contributed by atoms with Crippen LogP contribution in [0.5, 0.6) is 0 Å². The molecule has 0 aliphatic carbocycles. The second-order valence-electron chi connectivity index (χ2n) is 4.79. The summed E-state index contributed by atoms with van der Waals surface area (Å²) >= 11 is 3.43. The maximum Gasteiger partial charge on any atom is 0.130 e. The number of halogens is 1. The van der Waals surface area contributed by atoms with Gasteiger partial charge in [-0.05, 0) is 46.6 Å². The molecule has 3 rings (SSSR count). The molecule has 1 N–H and O–H groups in total. The fourth-order valence-corrected chi connectivity index (χ4v) is 2.42. The van der Waals surface area contributed by atoms with Gasteiger partial charge in [-0.1, -0.05) is 0 Å². The first-order valence-corrected chi connectivity index (χ1v) is 7.59. The summed E-state index contributed by atoms with van der Waals surface area (Å²) in [4.78, 5) is 17.1. The third-order valence-electron chi connectivity index (χ3n) is 3.06. The van der Waals surface area contributed by atoms with E-state index in [4.69, 9.17) is 0 Å². The van der Waals surface area contributed by atoms with E-state index >= 15 is 0 Å². The summed E-state index contributed by atoms with van der Waals surface area (Å²) in [7, 11) is 0. The van der Waals surface area contributed by atoms with E-state index < -0.39 is 0 Å². The number of nitrogens with zero attached hydrogens (tertiary/aromatic N) is 4. The van der Waals surface area contributed by atoms with E-state index in [1.807, 2.05) is 31.2 Å². The van der Waals surface area contributed by atoms with Gasteiger partial charge in [0.05, 0.1) is 5.69 Å². The highest BCUT2D eigenvalue weighted by Gasteiger charge is 2.05. The van der Waals surface area contributed by atoms with Gasteiger partial charge in [0, 0.05) is 47.4 Å². The molecule has 5 nitrogen and oxygen atoms in total. The van der Waals surface area contributed by atoms with Crippen molar-refractivity contribution in [3.05, 3.63) is 64.9 Å². The van der Waals surface area contributed by atoms with Crippen LogP contribution in [0.1, 0.15) is 11.4 Å². The van der Waals surface area contributed by atoms with E-state index in [1.165, 1.54) is 0 Å². The van der Waals surface area contributed by atoms with E-state index in [1.54, 1.807) is 24.8 Å². The molecule has 110 valence electrons. The number of aryl methyl sites for hydroxylation is 1. The first-order chi connectivity index (χ1) is 10.7. The Hall–Kier alpha value is -2.34. The monoisotopic (exact) mass is 355 g/mol. The molecule has 0 atom stereocenters. The lowest BCUT2D eigenvalue weighted by Gasteiger charge is -2.09. The SMILES string of the molecule is Cc1nc(NCc2ccncc2)cc(-c2cncc(Br)c2)n1. The van der Waals surface area contributed by atoms with E-state index in [9.17, 15) is 0 Å². The van der Waals surface area contributed by atoms with Gasteiger partial charge >= 0.3 is 0 Å². The Bertz CT molecular complexity index is 776. The lowest BCUT2D eigenvalue weighted by molar-refractivity contribution is 1.02. The Morgan fingerprint density at radius 2 is 1.86 bits per heavy atom. The summed E-state index contributed by atoms with van der Waals surface area (Å²) in [6, 6.07) is 7.86. The van der Waals surface area contributed by atoms with Crippen LogP contribution in [0.2, 0.25) is 0 Å². The van der Waals surface area contributed by atoms with Gasteiger partial charge in [0.1, 0.15) is 11.6 Å². The highest BCUT2D eigenvalue weighted by atomic mass is 79.9. The largest absolute Gasteiger partial charge is 0.366 e. The predicted octanol–water partition coefficient (Wildman–Crippen LogP) is 3.62. The molecular weight excluding hydrogens is 342 g/mol. The third kappa shape index (κ3) is 3.65. The van der Waals surface area contributed by atoms with Crippen molar-refractivity contribution in [1.82, 2.24) is 19.9 Å². The molecule has 0 spiro atoms. The molecule has 0 saturated heterocycles. The molecule has 6 heteroatoms. The van der Waals surface area contributed by atoms with Crippen LogP contribution in [0.25, 0.3) is 11.3 Å². The molecule has 0 fully saturated rings. The molecule has 22 heavy (non-hydrogen) atoms. The van der Waals surface area contributed by atoms with Crippen LogP contribution < -0.4 is 5.32 Å². The number of anilines is 1. The zero-order valence-electron chi connectivity index (χ0n) is 12.0. The van der Waals surface area contributed by atoms with Crippen molar-refractivity contribution in [2.24, 2.45) is 0 Å². The Morgan fingerprint density at radius 1 is 1.05 bits per heavy atom. The summed E-state index contributed by atoms with van der Waals surface area (Å²) < 4.78 is 0.924. The normalized spacial score (nSPS) is 10.5. The molecule has 3 heterocycles. The van der Waals surface area contributed by atoms with Gasteiger partial charge in [0.2, 0.25) is 0 Å². The number of hydrogen-bond donors (Lipinski definition) is 1. The molecule has 0 aliphatic heterocycles. The zero-order chi connectivity index (χ0) is 15.4. The number of hydrogen-bond acceptors (Lipinski definition) is 5. The van der Waals surface area contributed by atoms with Crippen molar-refractivity contribution in [2.75, 3.05) is 5.32 Å². The van der Waals surface area contributed by atoms with E-state index in [-0.39, 0.29) is 0 Å². The van der Waals surface area contributed by atoms with Crippen LogP contribution in [-0.2, 0) is 6.54 Å². The van der Waals surface area contributed by atoms with Crippen LogP contribution in [0, 0.1) is 6.92 Å². The first kappa shape index (κ1) is 14.6. The average molecular weight is 356 g/mol. The minimum Gasteiger partial charge on any atom is -0.366 e. The highest BCUT2D eigenvalue weighted by Crippen LogP contribution is 2.22. The maximum atomic E-state index is 4.48. The van der Waals surface area contributed by atoms with E-state index in [2.05, 4.69) is 41.2 Å². The molecule has 0 bridgehead atoms. The molecule has 0 amide bonds. The van der Waals surface area contributed by atoms with Crippen LogP contribution in [0.4, 0.5) is 5.82 Å². The van der Waals surface area contributed by atoms with Gasteiger partial charge in [-0.2, -0.15) is 0 Å². The topological polar surface area (TPSA) is 63.6 Å². The molecule has 0 radical (unpaired) electrons. The molecule has 3 aromatic heterocycles. The second kappa shape index (κ2) is 6.62. The van der Waals surface area contributed by atoms with Gasteiger partial charge in [-0.15, -0.1) is 0 Å². The Labute approximate surface area is 137 Å². The van der Waals surface area contributed by atoms with Crippen LogP contribution >= 0.6 is 15.9 Å². The zero-order valence-corrected chi connectivity index (χ0v) is 13.6. The lowest BCUT2D eigenvalue weighted by Crippen LogP contribution is -2.04. The van der Waals surface area contributed by atoms with Crippen molar-refractivity contribution >= 4 is 21.7 Å². The van der Waals surface area contributed by atoms with Crippen molar-refractivity contribution in [1.29, 1.82) is 0 Å². The third-order valence-corrected chi connectivity index (χ3v) is 3.50. The van der Waals surface area contributed by atoms with Crippen LogP contribution in [0.15, 0.2) is 53.5 Å². The fourth-order valence-electron chi connectivity index (χ4n) is 2.05. The van der Waals surface area contributed by atoms with Gasteiger partial charge in [-0.3, -0.25) is 9.97 Å². The van der Waals surface area contributed by atoms with Gasteiger partial charge in [-0.25, -0.2) is 9.97 Å². The Morgan fingerprint density at radius 3 is 2.64 bits per heavy atom. The molecule has 0 saturated carbocycles. The summed E-state index contributed by atoms with van der Waals surface area (Å²) in [6.45, 7) is 2.57. The number of nitrogens with one attached hydrogen (secondary N) is 1. The average Bonchev–Trinajstić information content (AvgIpc) is 2.53. The molecule has 0 aromatic carbocycles. The summed E-state index contributed by atoms with van der Waals surface area (Å²) in [6.07, 6.45) is 7.10. The van der Waals surface area contributed by atoms with Gasteiger partial charge < -0.3 is 5.32 Å². The van der Waals surface area contributed by atoms with E-state index in [0.717, 1.165) is 32.9 Å². The lowest BCUT2D eigenvalue weighted by atomic mass is 10.2. The summed E-state index contributed by atoms with van der Waals surface area (Å²) in [5.41, 5.74) is 2.95. The Kier molecular flexibility index (Phi) is 4.39. The van der Waals surface area contributed by atoms with Crippen molar-refractivity contribution < 1.29 is 0 Å². The predicted molar refractivity (Wildman–Crippen MR) is 89.3 cm³/mol. The maximum absolute atomic E-state index is 4.48. The van der Waals surface area contributed by atoms with E-state index in [0.29, 0.717) is 6.54 Å². The van der Waals surface area contributed by atoms with Crippen LogP contribution in [0.3, 0.4) is 0 Å². The minimum atomic E-state index is 0.690. The number of rotatable bonds is 4. The smallest absolute Gasteiger partial charge is 0.130 e. The van der Waals surface area contributed by atoms with Crippen molar-refractivity contribution in [3.63, 3.8) is 0 Å². The standard InChI is InChI=1S/C16H14BrN5/c1-11-21-15(13-6-14(17)10-19-9-13)7-16(22-11)20-8-12-2-4-18-5-3-12/h2-7,9-10H,8H2,1H3,(H,20,21,22). The second-order valence-corrected chi connectivity index (χ2v) is 5.70. The molecule has 0 aliphatic rings. The van der Waals surface area contributed by atoms with Gasteiger partial charge in [0.15, 0.2) is 0 Å². The Balaban J connectivity index is 1.84. The fraction of sp³-hybridized carbons (Fsp3) is 0.125. The summed E-state index contributed by atoms with van der Waals surface area (Å²) in [5, 5.41) is 3.32. The van der Waals surface area contributed by atoms with Crippen LogP contribution in [-0.4, -0.2) is 19.9 Å². The minimum absolute atomic E-state index is 0.690.